The Balaban J connectivity index is 1.60. The summed E-state index contributed by atoms with van der Waals surface area (Å²) in [5.41, 5.74) is 0.534. The molecule has 1 atom stereocenters. The Labute approximate surface area is 156 Å². The van der Waals surface area contributed by atoms with Crippen molar-refractivity contribution in [1.29, 1.82) is 0 Å². The lowest BCUT2D eigenvalue weighted by molar-refractivity contribution is -0.0123. The van der Waals surface area contributed by atoms with Crippen LogP contribution in [0.1, 0.15) is 6.42 Å². The molecule has 3 rings (SSSR count). The van der Waals surface area contributed by atoms with E-state index in [4.69, 9.17) is 27.9 Å². The molecule has 0 unspecified atom stereocenters. The number of morpholine rings is 1. The molecule has 0 radical (unpaired) electrons. The predicted octanol–water partition coefficient (Wildman–Crippen LogP) is 3.32. The molecule has 24 heavy (non-hydrogen) atoms. The number of hydrogen-bond donors (Lipinski definition) is 2. The molecule has 1 aromatic carbocycles. The van der Waals surface area contributed by atoms with E-state index in [1.807, 2.05) is 11.8 Å². The smallest absolute Gasteiger partial charge is 0.319 e. The minimum absolute atomic E-state index is 0.0178. The molecule has 0 aromatic heterocycles. The van der Waals surface area contributed by atoms with Gasteiger partial charge in [-0.2, -0.15) is 11.8 Å². The van der Waals surface area contributed by atoms with Gasteiger partial charge in [-0.25, -0.2) is 4.79 Å². The largest absolute Gasteiger partial charge is 0.379 e. The summed E-state index contributed by atoms with van der Waals surface area (Å²) >= 11 is 14.0. The van der Waals surface area contributed by atoms with Gasteiger partial charge in [-0.1, -0.05) is 29.3 Å². The zero-order valence-corrected chi connectivity index (χ0v) is 15.6. The molecule has 2 heterocycles. The number of nitrogens with zero attached hydrogens (tertiary/aromatic N) is 1. The van der Waals surface area contributed by atoms with Crippen molar-refractivity contribution in [2.24, 2.45) is 0 Å². The van der Waals surface area contributed by atoms with Gasteiger partial charge in [0.05, 0.1) is 28.9 Å². The first kappa shape index (κ1) is 18.1. The van der Waals surface area contributed by atoms with Gasteiger partial charge >= 0.3 is 6.03 Å². The highest BCUT2D eigenvalue weighted by molar-refractivity contribution is 7.99. The second-order valence-electron chi connectivity index (χ2n) is 6.04. The first-order valence-corrected chi connectivity index (χ1v) is 9.91. The summed E-state index contributed by atoms with van der Waals surface area (Å²) in [6, 6.07) is 4.92. The van der Waals surface area contributed by atoms with Crippen LogP contribution in [0.4, 0.5) is 10.5 Å². The number of amides is 2. The summed E-state index contributed by atoms with van der Waals surface area (Å²) in [6.45, 7) is 3.98. The average molecular weight is 390 g/mol. The van der Waals surface area contributed by atoms with Gasteiger partial charge in [-0.05, 0) is 24.3 Å². The number of halogens is 2. The third-order valence-corrected chi connectivity index (χ3v) is 6.60. The summed E-state index contributed by atoms with van der Waals surface area (Å²) in [5, 5.41) is 6.57. The fourth-order valence-corrected chi connectivity index (χ4v) is 4.97. The van der Waals surface area contributed by atoms with E-state index in [0.717, 1.165) is 44.2 Å². The Morgan fingerprint density at radius 2 is 2.12 bits per heavy atom. The maximum absolute atomic E-state index is 12.3. The second kappa shape index (κ2) is 8.15. The molecule has 2 saturated heterocycles. The predicted molar refractivity (Wildman–Crippen MR) is 101 cm³/mol. The van der Waals surface area contributed by atoms with Gasteiger partial charge < -0.3 is 15.4 Å². The lowest BCUT2D eigenvalue weighted by atomic mass is 9.95. The normalized spacial score (nSPS) is 24.8. The maximum atomic E-state index is 12.3. The van der Waals surface area contributed by atoms with Crippen molar-refractivity contribution in [2.45, 2.75) is 12.0 Å². The van der Waals surface area contributed by atoms with Crippen molar-refractivity contribution in [1.82, 2.24) is 10.2 Å². The van der Waals surface area contributed by atoms with Gasteiger partial charge in [0.15, 0.2) is 0 Å². The van der Waals surface area contributed by atoms with E-state index < -0.39 is 0 Å². The summed E-state index contributed by atoms with van der Waals surface area (Å²) in [6.07, 6.45) is 1.08. The zero-order chi connectivity index (χ0) is 17.0. The zero-order valence-electron chi connectivity index (χ0n) is 13.3. The SMILES string of the molecule is O=C(NC[C@@]1(N2CCOCC2)CCSC1)Nc1cccc(Cl)c1Cl. The molecule has 2 aliphatic rings. The summed E-state index contributed by atoms with van der Waals surface area (Å²) in [7, 11) is 0. The highest BCUT2D eigenvalue weighted by Crippen LogP contribution is 2.34. The number of rotatable bonds is 4. The third-order valence-electron chi connectivity index (χ3n) is 4.54. The van der Waals surface area contributed by atoms with Crippen molar-refractivity contribution in [3.63, 3.8) is 0 Å². The van der Waals surface area contributed by atoms with E-state index in [1.54, 1.807) is 18.2 Å². The Bertz CT molecular complexity index is 591. The average Bonchev–Trinajstić information content (AvgIpc) is 3.08. The highest BCUT2D eigenvalue weighted by Gasteiger charge is 2.40. The van der Waals surface area contributed by atoms with E-state index in [2.05, 4.69) is 15.5 Å². The van der Waals surface area contributed by atoms with Crippen LogP contribution in [0.3, 0.4) is 0 Å². The van der Waals surface area contributed by atoms with E-state index in [9.17, 15) is 4.79 Å². The number of nitrogens with one attached hydrogen (secondary N) is 2. The Kier molecular flexibility index (Phi) is 6.16. The molecule has 2 amide bonds. The number of carbonyl (C=O) groups excluding carboxylic acids is 1. The Morgan fingerprint density at radius 1 is 1.33 bits per heavy atom. The lowest BCUT2D eigenvalue weighted by Gasteiger charge is -2.43. The van der Waals surface area contributed by atoms with Crippen LogP contribution < -0.4 is 10.6 Å². The van der Waals surface area contributed by atoms with Crippen LogP contribution in [0.5, 0.6) is 0 Å². The van der Waals surface area contributed by atoms with E-state index >= 15 is 0 Å². The second-order valence-corrected chi connectivity index (χ2v) is 7.93. The summed E-state index contributed by atoms with van der Waals surface area (Å²) in [5.74, 6) is 2.16. The number of carbonyl (C=O) groups is 1. The van der Waals surface area contributed by atoms with Crippen molar-refractivity contribution >= 4 is 46.7 Å². The van der Waals surface area contributed by atoms with Crippen molar-refractivity contribution < 1.29 is 9.53 Å². The van der Waals surface area contributed by atoms with Gasteiger partial charge in [0.1, 0.15) is 0 Å². The number of urea groups is 1. The van der Waals surface area contributed by atoms with E-state index in [0.29, 0.717) is 22.3 Å². The summed E-state index contributed by atoms with van der Waals surface area (Å²) < 4.78 is 5.46. The molecule has 2 fully saturated rings. The molecule has 0 saturated carbocycles. The van der Waals surface area contributed by atoms with E-state index in [-0.39, 0.29) is 11.6 Å². The quantitative estimate of drug-likeness (QED) is 0.828. The first-order chi connectivity index (χ1) is 11.6. The van der Waals surface area contributed by atoms with Gasteiger partial charge in [0.2, 0.25) is 0 Å². The Hall–Kier alpha value is -0.660. The number of anilines is 1. The number of hydrogen-bond acceptors (Lipinski definition) is 4. The highest BCUT2D eigenvalue weighted by atomic mass is 35.5. The first-order valence-electron chi connectivity index (χ1n) is 8.00. The topological polar surface area (TPSA) is 53.6 Å². The van der Waals surface area contributed by atoms with Crippen LogP contribution >= 0.6 is 35.0 Å². The van der Waals surface area contributed by atoms with Gasteiger partial charge in [-0.3, -0.25) is 4.90 Å². The molecular weight excluding hydrogens is 369 g/mol. The van der Waals surface area contributed by atoms with Crippen molar-refractivity contribution in [3.8, 4) is 0 Å². The van der Waals surface area contributed by atoms with Gasteiger partial charge in [-0.15, -0.1) is 0 Å². The molecule has 0 aliphatic carbocycles. The number of thioether (sulfide) groups is 1. The van der Waals surface area contributed by atoms with Gasteiger partial charge in [0.25, 0.3) is 0 Å². The van der Waals surface area contributed by atoms with Crippen molar-refractivity contribution in [2.75, 3.05) is 49.7 Å². The molecule has 5 nitrogen and oxygen atoms in total. The minimum atomic E-state index is -0.260. The van der Waals surface area contributed by atoms with Crippen LogP contribution in [0, 0.1) is 0 Å². The minimum Gasteiger partial charge on any atom is -0.379 e. The molecule has 132 valence electrons. The van der Waals surface area contributed by atoms with Crippen LogP contribution in [0.15, 0.2) is 18.2 Å². The molecule has 2 aliphatic heterocycles. The molecular formula is C16H21Cl2N3O2S. The monoisotopic (exact) mass is 389 g/mol. The standard InChI is InChI=1S/C16H21Cl2N3O2S/c17-12-2-1-3-13(14(12)18)20-15(22)19-10-16(4-9-24-11-16)21-5-7-23-8-6-21/h1-3H,4-11H2,(H2,19,20,22)/t16-/m0/s1. The molecule has 1 aromatic rings. The van der Waals surface area contributed by atoms with Crippen LogP contribution in [0.25, 0.3) is 0 Å². The van der Waals surface area contributed by atoms with Crippen LogP contribution in [-0.2, 0) is 4.74 Å². The molecule has 8 heteroatoms. The number of ether oxygens (including phenoxy) is 1. The Morgan fingerprint density at radius 3 is 2.83 bits per heavy atom. The molecule has 2 N–H and O–H groups in total. The molecule has 0 bridgehead atoms. The third kappa shape index (κ3) is 4.11. The fraction of sp³-hybridized carbons (Fsp3) is 0.562. The number of benzene rings is 1. The molecule has 0 spiro atoms. The summed E-state index contributed by atoms with van der Waals surface area (Å²) in [4.78, 5) is 14.7. The van der Waals surface area contributed by atoms with Gasteiger partial charge in [0, 0.05) is 30.9 Å². The van der Waals surface area contributed by atoms with E-state index in [1.165, 1.54) is 0 Å². The maximum Gasteiger partial charge on any atom is 0.319 e. The van der Waals surface area contributed by atoms with Crippen molar-refractivity contribution in [3.05, 3.63) is 28.2 Å². The lowest BCUT2D eigenvalue weighted by Crippen LogP contribution is -2.59. The van der Waals surface area contributed by atoms with Crippen LogP contribution in [-0.4, -0.2) is 60.8 Å². The van der Waals surface area contributed by atoms with Crippen LogP contribution in [0.2, 0.25) is 10.0 Å². The fourth-order valence-electron chi connectivity index (χ4n) is 3.15.